The van der Waals surface area contributed by atoms with E-state index in [0.717, 1.165) is 0 Å². The molecule has 0 saturated heterocycles. The third-order valence-corrected chi connectivity index (χ3v) is 3.10. The predicted molar refractivity (Wildman–Crippen MR) is 82.4 cm³/mol. The molecule has 0 radical (unpaired) electrons. The van der Waals surface area contributed by atoms with Gasteiger partial charge in [-0.2, -0.15) is 0 Å². The van der Waals surface area contributed by atoms with Crippen molar-refractivity contribution in [1.29, 1.82) is 0 Å². The van der Waals surface area contributed by atoms with E-state index in [2.05, 4.69) is 36.4 Å². The standard InChI is InChI=1S/C13H21Cl2N3O/c1-13(2,3)6-8(19)7-17-12-10(15)5-9(14)11(16-4)18-12/h5,8,19H,6-7H2,1-4H3,(H2,16,17,18). The second-order valence-electron chi connectivity index (χ2n) is 5.70. The third kappa shape index (κ3) is 5.43. The van der Waals surface area contributed by atoms with E-state index in [4.69, 9.17) is 23.2 Å². The highest BCUT2D eigenvalue weighted by Crippen LogP contribution is 2.29. The van der Waals surface area contributed by atoms with Gasteiger partial charge in [-0.3, -0.25) is 0 Å². The molecule has 1 aromatic rings. The second kappa shape index (κ2) is 6.64. The Bertz CT molecular complexity index is 433. The van der Waals surface area contributed by atoms with E-state index in [1.54, 1.807) is 13.1 Å². The molecule has 0 aliphatic carbocycles. The zero-order chi connectivity index (χ0) is 14.6. The molecule has 0 aliphatic heterocycles. The average Bonchev–Trinajstić information content (AvgIpc) is 2.25. The molecule has 0 bridgehead atoms. The molecular formula is C13H21Cl2N3O. The van der Waals surface area contributed by atoms with E-state index in [1.165, 1.54) is 0 Å². The van der Waals surface area contributed by atoms with Crippen LogP contribution in [0.5, 0.6) is 0 Å². The molecule has 1 rings (SSSR count). The summed E-state index contributed by atoms with van der Waals surface area (Å²) in [6, 6.07) is 1.63. The van der Waals surface area contributed by atoms with Crippen molar-refractivity contribution in [3.8, 4) is 0 Å². The van der Waals surface area contributed by atoms with E-state index in [9.17, 15) is 5.11 Å². The van der Waals surface area contributed by atoms with Crippen molar-refractivity contribution in [2.45, 2.75) is 33.3 Å². The number of pyridine rings is 1. The van der Waals surface area contributed by atoms with Gasteiger partial charge in [0.1, 0.15) is 11.6 Å². The summed E-state index contributed by atoms with van der Waals surface area (Å²) in [7, 11) is 1.74. The van der Waals surface area contributed by atoms with Gasteiger partial charge in [0.2, 0.25) is 0 Å². The summed E-state index contributed by atoms with van der Waals surface area (Å²) in [5.41, 5.74) is 0.0778. The van der Waals surface area contributed by atoms with Crippen molar-refractivity contribution in [3.05, 3.63) is 16.1 Å². The van der Waals surface area contributed by atoms with Crippen LogP contribution in [0.2, 0.25) is 10.0 Å². The fourth-order valence-corrected chi connectivity index (χ4v) is 2.28. The SMILES string of the molecule is CNc1nc(NCC(O)CC(C)(C)C)c(Cl)cc1Cl. The first-order valence-electron chi connectivity index (χ1n) is 6.18. The van der Waals surface area contributed by atoms with Crippen molar-refractivity contribution in [3.63, 3.8) is 0 Å². The van der Waals surface area contributed by atoms with Crippen LogP contribution in [0.15, 0.2) is 6.07 Å². The van der Waals surface area contributed by atoms with Crippen molar-refractivity contribution in [1.82, 2.24) is 4.98 Å². The molecular weight excluding hydrogens is 285 g/mol. The topological polar surface area (TPSA) is 57.2 Å². The molecule has 3 N–H and O–H groups in total. The molecule has 1 atom stereocenters. The number of halogens is 2. The van der Waals surface area contributed by atoms with Gasteiger partial charge >= 0.3 is 0 Å². The molecule has 1 unspecified atom stereocenters. The van der Waals surface area contributed by atoms with Gasteiger partial charge in [0.05, 0.1) is 16.1 Å². The Morgan fingerprint density at radius 2 is 1.84 bits per heavy atom. The lowest BCUT2D eigenvalue weighted by atomic mass is 9.89. The van der Waals surface area contributed by atoms with Crippen LogP contribution in [0.1, 0.15) is 27.2 Å². The van der Waals surface area contributed by atoms with Crippen LogP contribution in [0.3, 0.4) is 0 Å². The number of nitrogens with one attached hydrogen (secondary N) is 2. The first-order chi connectivity index (χ1) is 8.73. The van der Waals surface area contributed by atoms with Crippen LogP contribution in [-0.2, 0) is 0 Å². The Balaban J connectivity index is 2.67. The van der Waals surface area contributed by atoms with Crippen molar-refractivity contribution in [2.24, 2.45) is 5.41 Å². The van der Waals surface area contributed by atoms with Crippen LogP contribution >= 0.6 is 23.2 Å². The lowest BCUT2D eigenvalue weighted by Crippen LogP contribution is -2.25. The average molecular weight is 306 g/mol. The summed E-state index contributed by atoms with van der Waals surface area (Å²) in [5.74, 6) is 1.07. The number of aliphatic hydroxyl groups is 1. The molecule has 108 valence electrons. The molecule has 1 aromatic heterocycles. The van der Waals surface area contributed by atoms with Crippen molar-refractivity contribution < 1.29 is 5.11 Å². The van der Waals surface area contributed by atoms with E-state index in [1.807, 2.05) is 0 Å². The minimum absolute atomic E-state index is 0.0778. The van der Waals surface area contributed by atoms with Crippen LogP contribution < -0.4 is 10.6 Å². The molecule has 0 aliphatic rings. The van der Waals surface area contributed by atoms with Gasteiger partial charge in [-0.05, 0) is 17.9 Å². The number of aromatic nitrogens is 1. The number of hydrogen-bond acceptors (Lipinski definition) is 4. The predicted octanol–water partition coefficient (Wildman–Crippen LogP) is 3.64. The Morgan fingerprint density at radius 1 is 1.26 bits per heavy atom. The van der Waals surface area contributed by atoms with Crippen LogP contribution in [0.4, 0.5) is 11.6 Å². The largest absolute Gasteiger partial charge is 0.391 e. The summed E-state index contributed by atoms with van der Waals surface area (Å²) in [5, 5.41) is 16.8. The number of nitrogens with zero attached hydrogens (tertiary/aromatic N) is 1. The van der Waals surface area contributed by atoms with Gasteiger partial charge in [-0.1, -0.05) is 44.0 Å². The van der Waals surface area contributed by atoms with Crippen molar-refractivity contribution >= 4 is 34.8 Å². The van der Waals surface area contributed by atoms with E-state index >= 15 is 0 Å². The smallest absolute Gasteiger partial charge is 0.147 e. The van der Waals surface area contributed by atoms with Gasteiger partial charge in [0.15, 0.2) is 0 Å². The molecule has 0 spiro atoms. The zero-order valence-electron chi connectivity index (χ0n) is 11.7. The normalized spacial score (nSPS) is 13.2. The highest BCUT2D eigenvalue weighted by atomic mass is 35.5. The summed E-state index contributed by atoms with van der Waals surface area (Å²) in [6.45, 7) is 6.66. The summed E-state index contributed by atoms with van der Waals surface area (Å²) in [4.78, 5) is 4.26. The van der Waals surface area contributed by atoms with Crippen molar-refractivity contribution in [2.75, 3.05) is 24.2 Å². The Morgan fingerprint density at radius 3 is 2.37 bits per heavy atom. The monoisotopic (exact) mass is 305 g/mol. The minimum atomic E-state index is -0.452. The highest BCUT2D eigenvalue weighted by Gasteiger charge is 2.17. The Hall–Kier alpha value is -0.710. The van der Waals surface area contributed by atoms with Crippen LogP contribution in [0, 0.1) is 5.41 Å². The Kier molecular flexibility index (Phi) is 5.71. The summed E-state index contributed by atoms with van der Waals surface area (Å²) < 4.78 is 0. The summed E-state index contributed by atoms with van der Waals surface area (Å²) >= 11 is 12.0. The van der Waals surface area contributed by atoms with E-state index in [-0.39, 0.29) is 5.41 Å². The first kappa shape index (κ1) is 16.3. The lowest BCUT2D eigenvalue weighted by molar-refractivity contribution is 0.132. The highest BCUT2D eigenvalue weighted by molar-refractivity contribution is 6.37. The Labute approximate surface area is 124 Å². The number of anilines is 2. The second-order valence-corrected chi connectivity index (χ2v) is 6.51. The number of hydrogen-bond donors (Lipinski definition) is 3. The van der Waals surface area contributed by atoms with Crippen LogP contribution in [0.25, 0.3) is 0 Å². The molecule has 6 heteroatoms. The molecule has 0 aromatic carbocycles. The molecule has 0 fully saturated rings. The van der Waals surface area contributed by atoms with Gasteiger partial charge in [-0.25, -0.2) is 4.98 Å². The first-order valence-corrected chi connectivity index (χ1v) is 6.94. The van der Waals surface area contributed by atoms with Gasteiger partial charge in [-0.15, -0.1) is 0 Å². The molecule has 0 amide bonds. The molecule has 1 heterocycles. The van der Waals surface area contributed by atoms with E-state index < -0.39 is 6.10 Å². The zero-order valence-corrected chi connectivity index (χ0v) is 13.2. The molecule has 4 nitrogen and oxygen atoms in total. The fourth-order valence-electron chi connectivity index (χ4n) is 1.76. The van der Waals surface area contributed by atoms with E-state index in [0.29, 0.717) is 34.6 Å². The number of rotatable bonds is 5. The quantitative estimate of drug-likeness (QED) is 0.777. The minimum Gasteiger partial charge on any atom is -0.391 e. The number of aliphatic hydroxyl groups excluding tert-OH is 1. The fraction of sp³-hybridized carbons (Fsp3) is 0.615. The van der Waals surface area contributed by atoms with Gasteiger partial charge < -0.3 is 15.7 Å². The van der Waals surface area contributed by atoms with Gasteiger partial charge in [0.25, 0.3) is 0 Å². The lowest BCUT2D eigenvalue weighted by Gasteiger charge is -2.22. The maximum absolute atomic E-state index is 9.94. The molecule has 0 saturated carbocycles. The maximum Gasteiger partial charge on any atom is 0.147 e. The molecule has 19 heavy (non-hydrogen) atoms. The maximum atomic E-state index is 9.94. The third-order valence-electron chi connectivity index (χ3n) is 2.52. The summed E-state index contributed by atoms with van der Waals surface area (Å²) in [6.07, 6.45) is 0.246. The van der Waals surface area contributed by atoms with Crippen LogP contribution in [-0.4, -0.2) is 29.8 Å². The van der Waals surface area contributed by atoms with Gasteiger partial charge in [0, 0.05) is 13.6 Å².